The summed E-state index contributed by atoms with van der Waals surface area (Å²) < 4.78 is 1.93. The summed E-state index contributed by atoms with van der Waals surface area (Å²) >= 11 is 0. The molecule has 0 saturated heterocycles. The van der Waals surface area contributed by atoms with Gasteiger partial charge < -0.3 is 9.88 Å². The molecule has 0 amide bonds. The minimum Gasteiger partial charge on any atom is -0.329 e. The van der Waals surface area contributed by atoms with Crippen molar-refractivity contribution in [3.05, 3.63) is 24.0 Å². The summed E-state index contributed by atoms with van der Waals surface area (Å²) in [6, 6.07) is 0. The van der Waals surface area contributed by atoms with Crippen molar-refractivity contribution < 1.29 is 0 Å². The third-order valence-corrected chi connectivity index (χ3v) is 1.92. The molecule has 0 aliphatic rings. The molecule has 0 aromatic carbocycles. The molecule has 2 heterocycles. The highest BCUT2D eigenvalue weighted by Crippen LogP contribution is 1.98. The van der Waals surface area contributed by atoms with E-state index in [1.807, 2.05) is 17.8 Å². The number of imidazole rings is 1. The Balaban J connectivity index is 2.04. The van der Waals surface area contributed by atoms with Gasteiger partial charge in [0.25, 0.3) is 0 Å². The van der Waals surface area contributed by atoms with Crippen LogP contribution < -0.4 is 5.32 Å². The van der Waals surface area contributed by atoms with Gasteiger partial charge in [-0.3, -0.25) is 0 Å². The normalized spacial score (nSPS) is 10.8. The Labute approximate surface area is 87.1 Å². The maximum Gasteiger partial charge on any atom is 0.194 e. The molecule has 2 rings (SSSR count). The van der Waals surface area contributed by atoms with Crippen LogP contribution in [-0.2, 0) is 20.1 Å². The molecule has 2 aromatic rings. The lowest BCUT2D eigenvalue weighted by Crippen LogP contribution is -2.05. The van der Waals surface area contributed by atoms with Crippen LogP contribution in [0.15, 0.2) is 12.5 Å². The highest BCUT2D eigenvalue weighted by Gasteiger charge is 2.02. The quantitative estimate of drug-likeness (QED) is 0.708. The molecule has 0 atom stereocenters. The van der Waals surface area contributed by atoms with Crippen LogP contribution in [0, 0.1) is 0 Å². The summed E-state index contributed by atoms with van der Waals surface area (Å²) in [5, 5.41) is 14.8. The lowest BCUT2D eigenvalue weighted by atomic mass is 10.5. The third-order valence-electron chi connectivity index (χ3n) is 1.92. The first-order valence-electron chi connectivity index (χ1n) is 4.66. The van der Waals surface area contributed by atoms with Crippen molar-refractivity contribution in [1.29, 1.82) is 0 Å². The average Bonchev–Trinajstić information content (AvgIpc) is 2.78. The van der Waals surface area contributed by atoms with Crippen molar-refractivity contribution in [2.75, 3.05) is 7.05 Å². The van der Waals surface area contributed by atoms with Crippen molar-refractivity contribution in [3.63, 3.8) is 0 Å². The second-order valence-corrected chi connectivity index (χ2v) is 3.26. The molecule has 0 saturated carbocycles. The molecule has 2 aromatic heterocycles. The molecule has 80 valence electrons. The van der Waals surface area contributed by atoms with E-state index in [1.54, 1.807) is 13.4 Å². The first-order chi connectivity index (χ1) is 7.28. The number of nitrogens with zero attached hydrogens (tertiary/aromatic N) is 6. The van der Waals surface area contributed by atoms with Crippen LogP contribution in [0.25, 0.3) is 0 Å². The highest BCUT2D eigenvalue weighted by atomic mass is 15.6. The van der Waals surface area contributed by atoms with E-state index in [2.05, 4.69) is 25.7 Å². The Hall–Kier alpha value is -1.76. The molecule has 15 heavy (non-hydrogen) atoms. The maximum absolute atomic E-state index is 4.23. The molecule has 0 bridgehead atoms. The van der Waals surface area contributed by atoms with E-state index in [4.69, 9.17) is 0 Å². The van der Waals surface area contributed by atoms with Crippen LogP contribution in [0.5, 0.6) is 0 Å². The van der Waals surface area contributed by atoms with E-state index in [0.717, 1.165) is 12.2 Å². The van der Waals surface area contributed by atoms with Gasteiger partial charge in [0, 0.05) is 12.7 Å². The van der Waals surface area contributed by atoms with Crippen LogP contribution in [0.4, 0.5) is 0 Å². The van der Waals surface area contributed by atoms with Gasteiger partial charge in [0.05, 0.1) is 25.6 Å². The van der Waals surface area contributed by atoms with Crippen LogP contribution in [0.3, 0.4) is 0 Å². The van der Waals surface area contributed by atoms with E-state index in [-0.39, 0.29) is 0 Å². The second kappa shape index (κ2) is 4.18. The van der Waals surface area contributed by atoms with Gasteiger partial charge in [0.15, 0.2) is 5.82 Å². The van der Waals surface area contributed by atoms with Gasteiger partial charge in [0.1, 0.15) is 0 Å². The van der Waals surface area contributed by atoms with Crippen LogP contribution in [-0.4, -0.2) is 36.8 Å². The van der Waals surface area contributed by atoms with Gasteiger partial charge in [0.2, 0.25) is 0 Å². The largest absolute Gasteiger partial charge is 0.329 e. The zero-order valence-electron chi connectivity index (χ0n) is 8.75. The first-order valence-corrected chi connectivity index (χ1v) is 4.66. The first kappa shape index (κ1) is 9.78. The van der Waals surface area contributed by atoms with Crippen molar-refractivity contribution in [1.82, 2.24) is 35.1 Å². The zero-order chi connectivity index (χ0) is 10.7. The Morgan fingerprint density at radius 1 is 1.47 bits per heavy atom. The van der Waals surface area contributed by atoms with Gasteiger partial charge in [-0.15, -0.1) is 10.2 Å². The Morgan fingerprint density at radius 2 is 2.33 bits per heavy atom. The zero-order valence-corrected chi connectivity index (χ0v) is 8.75. The highest BCUT2D eigenvalue weighted by molar-refractivity contribution is 4.97. The molecule has 0 radical (unpaired) electrons. The molecule has 0 unspecified atom stereocenters. The second-order valence-electron chi connectivity index (χ2n) is 3.26. The van der Waals surface area contributed by atoms with E-state index in [0.29, 0.717) is 12.4 Å². The average molecular weight is 207 g/mol. The number of nitrogens with one attached hydrogen (secondary N) is 1. The van der Waals surface area contributed by atoms with Crippen LogP contribution >= 0.6 is 0 Å². The summed E-state index contributed by atoms with van der Waals surface area (Å²) in [6.07, 6.45) is 3.73. The van der Waals surface area contributed by atoms with Gasteiger partial charge in [-0.2, -0.15) is 4.80 Å². The molecular weight excluding hydrogens is 194 g/mol. The summed E-state index contributed by atoms with van der Waals surface area (Å²) in [5.41, 5.74) is 1.00. The number of aryl methyl sites for hydroxylation is 1. The standard InChI is InChI=1S/C8H13N7/c1-9-3-7-4-15(6-10-7)5-8-11-13-14(2)12-8/h4,6,9H,3,5H2,1-2H3. The summed E-state index contributed by atoms with van der Waals surface area (Å²) in [4.78, 5) is 5.67. The monoisotopic (exact) mass is 207 g/mol. The SMILES string of the molecule is CNCc1cn(Cc2nnn(C)n2)cn1. The Bertz CT molecular complexity index is 430. The smallest absolute Gasteiger partial charge is 0.194 e. The third kappa shape index (κ3) is 2.38. The molecule has 7 nitrogen and oxygen atoms in total. The summed E-state index contributed by atoms with van der Waals surface area (Å²) in [6.45, 7) is 1.37. The fourth-order valence-corrected chi connectivity index (χ4v) is 1.32. The number of rotatable bonds is 4. The lowest BCUT2D eigenvalue weighted by Gasteiger charge is -1.95. The summed E-state index contributed by atoms with van der Waals surface area (Å²) in [5.74, 6) is 0.686. The summed E-state index contributed by atoms with van der Waals surface area (Å²) in [7, 11) is 3.64. The molecule has 0 aliphatic heterocycles. The fraction of sp³-hybridized carbons (Fsp3) is 0.500. The predicted octanol–water partition coefficient (Wildman–Crippen LogP) is -0.826. The van der Waals surface area contributed by atoms with E-state index < -0.39 is 0 Å². The fourth-order valence-electron chi connectivity index (χ4n) is 1.32. The number of hydrogen-bond acceptors (Lipinski definition) is 5. The van der Waals surface area contributed by atoms with Gasteiger partial charge in [-0.25, -0.2) is 4.98 Å². The lowest BCUT2D eigenvalue weighted by molar-refractivity contribution is 0.625. The molecular formula is C8H13N7. The number of hydrogen-bond donors (Lipinski definition) is 1. The minimum absolute atomic E-state index is 0.602. The maximum atomic E-state index is 4.23. The topological polar surface area (TPSA) is 73.5 Å². The Kier molecular flexibility index (Phi) is 2.72. The Morgan fingerprint density at radius 3 is 3.00 bits per heavy atom. The van der Waals surface area contributed by atoms with Crippen molar-refractivity contribution >= 4 is 0 Å². The number of aromatic nitrogens is 6. The molecule has 0 spiro atoms. The molecule has 0 aliphatic carbocycles. The van der Waals surface area contributed by atoms with E-state index in [9.17, 15) is 0 Å². The van der Waals surface area contributed by atoms with Gasteiger partial charge in [-0.1, -0.05) is 0 Å². The molecule has 0 fully saturated rings. The number of tetrazole rings is 1. The molecule has 1 N–H and O–H groups in total. The van der Waals surface area contributed by atoms with Crippen molar-refractivity contribution in [3.8, 4) is 0 Å². The van der Waals surface area contributed by atoms with E-state index >= 15 is 0 Å². The molecule has 7 heteroatoms. The van der Waals surface area contributed by atoms with Crippen LogP contribution in [0.1, 0.15) is 11.5 Å². The van der Waals surface area contributed by atoms with Gasteiger partial charge in [-0.05, 0) is 12.3 Å². The van der Waals surface area contributed by atoms with Crippen molar-refractivity contribution in [2.24, 2.45) is 7.05 Å². The predicted molar refractivity (Wildman–Crippen MR) is 52.9 cm³/mol. The minimum atomic E-state index is 0.602. The van der Waals surface area contributed by atoms with E-state index in [1.165, 1.54) is 4.80 Å². The van der Waals surface area contributed by atoms with Gasteiger partial charge >= 0.3 is 0 Å². The van der Waals surface area contributed by atoms with Crippen molar-refractivity contribution in [2.45, 2.75) is 13.1 Å². The van der Waals surface area contributed by atoms with Crippen LogP contribution in [0.2, 0.25) is 0 Å².